The quantitative estimate of drug-likeness (QED) is 0.662. The minimum atomic E-state index is 0.730. The Morgan fingerprint density at radius 2 is 2.10 bits per heavy atom. The zero-order valence-electron chi connectivity index (χ0n) is 12.9. The van der Waals surface area contributed by atoms with Gasteiger partial charge >= 0.3 is 0 Å². The smallest absolute Gasteiger partial charge is 0.191 e. The van der Waals surface area contributed by atoms with E-state index in [1.54, 1.807) is 0 Å². The number of benzene rings is 1. The van der Waals surface area contributed by atoms with Crippen LogP contribution in [0.4, 0.5) is 0 Å². The number of halogens is 1. The third-order valence-corrected chi connectivity index (χ3v) is 4.20. The largest absolute Gasteiger partial charge is 0.356 e. The average Bonchev–Trinajstić information content (AvgIpc) is 2.49. The number of hydrogen-bond acceptors (Lipinski definition) is 2. The van der Waals surface area contributed by atoms with Crippen LogP contribution in [0.25, 0.3) is 0 Å². The van der Waals surface area contributed by atoms with E-state index >= 15 is 0 Å². The first-order valence-corrected chi connectivity index (χ1v) is 7.92. The molecule has 5 heteroatoms. The molecule has 1 aromatic carbocycles. The lowest BCUT2D eigenvalue weighted by atomic mass is 9.97. The molecule has 0 amide bonds. The molecule has 1 fully saturated rings. The number of piperidine rings is 1. The van der Waals surface area contributed by atoms with Crippen LogP contribution in [0.2, 0.25) is 5.02 Å². The maximum Gasteiger partial charge on any atom is 0.191 e. The van der Waals surface area contributed by atoms with Crippen LogP contribution in [0.5, 0.6) is 0 Å². The Bertz CT molecular complexity index is 467. The zero-order chi connectivity index (χ0) is 15.1. The van der Waals surface area contributed by atoms with E-state index in [1.807, 2.05) is 25.2 Å². The third-order valence-electron chi connectivity index (χ3n) is 3.97. The fourth-order valence-electron chi connectivity index (χ4n) is 2.56. The van der Waals surface area contributed by atoms with Gasteiger partial charge in [0.05, 0.1) is 0 Å². The topological polar surface area (TPSA) is 39.7 Å². The molecule has 0 aliphatic carbocycles. The van der Waals surface area contributed by atoms with Gasteiger partial charge in [-0.25, -0.2) is 0 Å². The van der Waals surface area contributed by atoms with Gasteiger partial charge in [0.1, 0.15) is 0 Å². The van der Waals surface area contributed by atoms with Crippen molar-refractivity contribution in [1.82, 2.24) is 15.5 Å². The first-order valence-electron chi connectivity index (χ1n) is 7.55. The molecule has 0 aromatic heterocycles. The lowest BCUT2D eigenvalue weighted by Gasteiger charge is -2.29. The van der Waals surface area contributed by atoms with Crippen molar-refractivity contribution in [3.05, 3.63) is 34.9 Å². The molecule has 1 aromatic rings. The average molecular weight is 309 g/mol. The molecular formula is C16H25ClN4. The van der Waals surface area contributed by atoms with Crippen molar-refractivity contribution in [3.63, 3.8) is 0 Å². The molecule has 0 bridgehead atoms. The number of likely N-dealkylation sites (tertiary alicyclic amines) is 1. The van der Waals surface area contributed by atoms with Crippen LogP contribution in [-0.4, -0.2) is 44.6 Å². The molecule has 2 rings (SSSR count). The fourth-order valence-corrected chi connectivity index (χ4v) is 2.77. The van der Waals surface area contributed by atoms with Crippen molar-refractivity contribution in [2.75, 3.05) is 33.7 Å². The maximum atomic E-state index is 5.99. The second kappa shape index (κ2) is 8.25. The van der Waals surface area contributed by atoms with Crippen molar-refractivity contribution >= 4 is 17.6 Å². The molecule has 1 saturated heterocycles. The fraction of sp³-hybridized carbons (Fsp3) is 0.562. The van der Waals surface area contributed by atoms with E-state index in [0.717, 1.165) is 35.6 Å². The summed E-state index contributed by atoms with van der Waals surface area (Å²) in [7, 11) is 4.00. The van der Waals surface area contributed by atoms with E-state index < -0.39 is 0 Å². The van der Waals surface area contributed by atoms with Crippen LogP contribution in [-0.2, 0) is 6.54 Å². The monoisotopic (exact) mass is 308 g/mol. The second-order valence-corrected chi connectivity index (χ2v) is 6.12. The molecule has 1 heterocycles. The Morgan fingerprint density at radius 3 is 2.76 bits per heavy atom. The van der Waals surface area contributed by atoms with Crippen molar-refractivity contribution in [2.24, 2.45) is 10.9 Å². The van der Waals surface area contributed by atoms with Crippen LogP contribution in [0.1, 0.15) is 18.4 Å². The van der Waals surface area contributed by atoms with Gasteiger partial charge in [-0.15, -0.1) is 0 Å². The van der Waals surface area contributed by atoms with E-state index in [-0.39, 0.29) is 0 Å². The summed E-state index contributed by atoms with van der Waals surface area (Å²) >= 11 is 5.99. The van der Waals surface area contributed by atoms with Gasteiger partial charge in [-0.2, -0.15) is 0 Å². The summed E-state index contributed by atoms with van der Waals surface area (Å²) in [4.78, 5) is 6.67. The number of aliphatic imine (C=N–C) groups is 1. The van der Waals surface area contributed by atoms with Crippen molar-refractivity contribution in [3.8, 4) is 0 Å². The summed E-state index contributed by atoms with van der Waals surface area (Å²) in [5, 5.41) is 7.52. The molecule has 0 spiro atoms. The number of hydrogen-bond donors (Lipinski definition) is 2. The second-order valence-electron chi connectivity index (χ2n) is 5.68. The highest BCUT2D eigenvalue weighted by Gasteiger charge is 2.16. The summed E-state index contributed by atoms with van der Waals surface area (Å²) in [6.07, 6.45) is 2.52. The van der Waals surface area contributed by atoms with Gasteiger partial charge in [0, 0.05) is 25.2 Å². The van der Waals surface area contributed by atoms with Crippen molar-refractivity contribution in [1.29, 1.82) is 0 Å². The Balaban J connectivity index is 1.73. The predicted octanol–water partition coefficient (Wildman–Crippen LogP) is 2.35. The van der Waals surface area contributed by atoms with Crippen LogP contribution >= 0.6 is 11.6 Å². The van der Waals surface area contributed by atoms with Gasteiger partial charge in [-0.05, 0) is 56.6 Å². The van der Waals surface area contributed by atoms with Gasteiger partial charge in [0.15, 0.2) is 5.96 Å². The molecular weight excluding hydrogens is 284 g/mol. The van der Waals surface area contributed by atoms with E-state index in [1.165, 1.54) is 25.9 Å². The van der Waals surface area contributed by atoms with E-state index in [4.69, 9.17) is 11.6 Å². The maximum absolute atomic E-state index is 5.99. The van der Waals surface area contributed by atoms with Crippen LogP contribution in [0.3, 0.4) is 0 Å². The predicted molar refractivity (Wildman–Crippen MR) is 89.9 cm³/mol. The molecule has 0 radical (unpaired) electrons. The number of nitrogens with zero attached hydrogens (tertiary/aromatic N) is 2. The van der Waals surface area contributed by atoms with Gasteiger partial charge in [0.2, 0.25) is 0 Å². The molecule has 4 nitrogen and oxygen atoms in total. The SMILES string of the molecule is CN=C(NCc1cccc(Cl)c1)NCC1CCN(C)CC1. The number of guanidine groups is 1. The summed E-state index contributed by atoms with van der Waals surface area (Å²) in [5.74, 6) is 1.60. The molecule has 21 heavy (non-hydrogen) atoms. The Kier molecular flexibility index (Phi) is 6.33. The molecule has 0 saturated carbocycles. The number of rotatable bonds is 4. The molecule has 0 atom stereocenters. The van der Waals surface area contributed by atoms with Gasteiger partial charge in [-0.1, -0.05) is 23.7 Å². The van der Waals surface area contributed by atoms with Crippen LogP contribution < -0.4 is 10.6 Å². The highest BCUT2D eigenvalue weighted by Crippen LogP contribution is 2.14. The Labute approximate surface area is 132 Å². The van der Waals surface area contributed by atoms with E-state index in [2.05, 4.69) is 33.6 Å². The Hall–Kier alpha value is -1.26. The summed E-state index contributed by atoms with van der Waals surface area (Å²) in [6, 6.07) is 7.88. The molecule has 116 valence electrons. The van der Waals surface area contributed by atoms with Gasteiger partial charge in [-0.3, -0.25) is 4.99 Å². The van der Waals surface area contributed by atoms with E-state index in [0.29, 0.717) is 0 Å². The molecule has 1 aliphatic rings. The normalized spacial score (nSPS) is 17.8. The lowest BCUT2D eigenvalue weighted by Crippen LogP contribution is -2.41. The van der Waals surface area contributed by atoms with Gasteiger partial charge in [0.25, 0.3) is 0 Å². The minimum absolute atomic E-state index is 0.730. The first kappa shape index (κ1) is 16.1. The zero-order valence-corrected chi connectivity index (χ0v) is 13.7. The first-order chi connectivity index (χ1) is 10.2. The van der Waals surface area contributed by atoms with E-state index in [9.17, 15) is 0 Å². The standard InChI is InChI=1S/C16H25ClN4/c1-18-16(19-11-13-6-8-21(2)9-7-13)20-12-14-4-3-5-15(17)10-14/h3-5,10,13H,6-9,11-12H2,1-2H3,(H2,18,19,20). The van der Waals surface area contributed by atoms with Crippen LogP contribution in [0.15, 0.2) is 29.3 Å². The summed E-state index contributed by atoms with van der Waals surface area (Å²) in [5.41, 5.74) is 1.16. The number of nitrogens with one attached hydrogen (secondary N) is 2. The van der Waals surface area contributed by atoms with Crippen LogP contribution in [0, 0.1) is 5.92 Å². The third kappa shape index (κ3) is 5.56. The molecule has 1 aliphatic heterocycles. The lowest BCUT2D eigenvalue weighted by molar-refractivity contribution is 0.220. The van der Waals surface area contributed by atoms with Crippen molar-refractivity contribution in [2.45, 2.75) is 19.4 Å². The summed E-state index contributed by atoms with van der Waals surface area (Å²) < 4.78 is 0. The summed E-state index contributed by atoms with van der Waals surface area (Å²) in [6.45, 7) is 4.11. The molecule has 2 N–H and O–H groups in total. The highest BCUT2D eigenvalue weighted by atomic mass is 35.5. The van der Waals surface area contributed by atoms with Crippen molar-refractivity contribution < 1.29 is 0 Å². The minimum Gasteiger partial charge on any atom is -0.356 e. The molecule has 0 unspecified atom stereocenters. The van der Waals surface area contributed by atoms with Gasteiger partial charge < -0.3 is 15.5 Å². The Morgan fingerprint density at radius 1 is 1.33 bits per heavy atom. The highest BCUT2D eigenvalue weighted by molar-refractivity contribution is 6.30.